The Hall–Kier alpha value is -3.00. The predicted octanol–water partition coefficient (Wildman–Crippen LogP) is 3.63. The summed E-state index contributed by atoms with van der Waals surface area (Å²) in [5.74, 6) is 0.737. The van der Waals surface area contributed by atoms with Gasteiger partial charge in [0.15, 0.2) is 5.58 Å². The molecule has 7 nitrogen and oxygen atoms in total. The molecule has 1 aliphatic rings. The van der Waals surface area contributed by atoms with Gasteiger partial charge in [-0.25, -0.2) is 0 Å². The van der Waals surface area contributed by atoms with E-state index in [-0.39, 0.29) is 10.4 Å². The molecule has 150 valence electrons. The number of rotatable bonds is 7. The van der Waals surface area contributed by atoms with E-state index in [2.05, 4.69) is 10.3 Å². The van der Waals surface area contributed by atoms with E-state index in [1.165, 1.54) is 0 Å². The molecule has 8 heteroatoms. The largest absolute Gasteiger partial charge is 0.492 e. The molecular weight excluding hydrogens is 390 g/mol. The highest BCUT2D eigenvalue weighted by Gasteiger charge is 2.42. The molecule has 0 spiro atoms. The molecule has 0 bridgehead atoms. The Morgan fingerprint density at radius 2 is 1.93 bits per heavy atom. The summed E-state index contributed by atoms with van der Waals surface area (Å²) >= 11 is 0.732. The van der Waals surface area contributed by atoms with Gasteiger partial charge in [0.1, 0.15) is 23.4 Å². The van der Waals surface area contributed by atoms with E-state index < -0.39 is 5.54 Å². The number of ether oxygens (including phenoxy) is 1. The van der Waals surface area contributed by atoms with Gasteiger partial charge in [0.2, 0.25) is 5.12 Å². The molecular formula is C21H21N3O4S. The highest BCUT2D eigenvalue weighted by molar-refractivity contribution is 8.26. The van der Waals surface area contributed by atoms with Crippen molar-refractivity contribution in [3.05, 3.63) is 54.1 Å². The first-order valence-corrected chi connectivity index (χ1v) is 10.1. The molecule has 1 unspecified atom stereocenters. The Bertz CT molecular complexity index is 1020. The Kier molecular flexibility index (Phi) is 5.19. The van der Waals surface area contributed by atoms with Crippen LogP contribution in [-0.2, 0) is 11.2 Å². The molecule has 0 radical (unpaired) electrons. The zero-order valence-electron chi connectivity index (χ0n) is 16.2. The van der Waals surface area contributed by atoms with E-state index in [4.69, 9.17) is 9.15 Å². The summed E-state index contributed by atoms with van der Waals surface area (Å²) in [4.78, 5) is 29.8. The molecule has 1 aliphatic heterocycles. The smallest absolute Gasteiger partial charge is 0.298 e. The van der Waals surface area contributed by atoms with E-state index >= 15 is 0 Å². The number of para-hydroxylation sites is 2. The number of nitrogens with one attached hydrogen (secondary N) is 1. The number of amides is 1. The second-order valence-electron chi connectivity index (χ2n) is 7.19. The number of fused-ring (bicyclic) bond motifs is 1. The minimum absolute atomic E-state index is 0.148. The predicted molar refractivity (Wildman–Crippen MR) is 112 cm³/mol. The summed E-state index contributed by atoms with van der Waals surface area (Å²) < 4.78 is 11.5. The maximum absolute atomic E-state index is 12.0. The number of hydrogen-bond acceptors (Lipinski definition) is 7. The Balaban J connectivity index is 1.30. The molecule has 3 aromatic rings. The van der Waals surface area contributed by atoms with Gasteiger partial charge < -0.3 is 19.4 Å². The molecule has 1 atom stereocenters. The third-order valence-corrected chi connectivity index (χ3v) is 5.72. The number of anilines is 1. The van der Waals surface area contributed by atoms with Crippen molar-refractivity contribution < 1.29 is 18.7 Å². The molecule has 1 fully saturated rings. The fourth-order valence-electron chi connectivity index (χ4n) is 3.15. The maximum Gasteiger partial charge on any atom is 0.298 e. The minimum atomic E-state index is -0.855. The van der Waals surface area contributed by atoms with Gasteiger partial charge in [0.25, 0.3) is 11.3 Å². The van der Waals surface area contributed by atoms with E-state index in [1.54, 1.807) is 6.92 Å². The number of benzene rings is 2. The van der Waals surface area contributed by atoms with Crippen molar-refractivity contribution in [3.63, 3.8) is 0 Å². The van der Waals surface area contributed by atoms with Crippen LogP contribution in [0.2, 0.25) is 0 Å². The molecule has 4 rings (SSSR count). The third kappa shape index (κ3) is 4.22. The SMILES string of the molecule is CN(CCOc1ccc(CC2(C)NC(=O)SC2=O)cc1)c1nc2ccccc2o1. The molecule has 1 N–H and O–H groups in total. The van der Waals surface area contributed by atoms with Gasteiger partial charge in [0, 0.05) is 25.2 Å². The number of hydrogen-bond donors (Lipinski definition) is 1. The molecule has 1 aromatic heterocycles. The zero-order valence-corrected chi connectivity index (χ0v) is 17.0. The summed E-state index contributed by atoms with van der Waals surface area (Å²) in [6, 6.07) is 15.8. The highest BCUT2D eigenvalue weighted by Crippen LogP contribution is 2.28. The van der Waals surface area contributed by atoms with Crippen LogP contribution < -0.4 is 15.0 Å². The van der Waals surface area contributed by atoms with Crippen LogP contribution in [0.4, 0.5) is 10.8 Å². The van der Waals surface area contributed by atoms with Crippen LogP contribution in [0.15, 0.2) is 52.9 Å². The summed E-state index contributed by atoms with van der Waals surface area (Å²) in [5, 5.41) is 2.30. The molecule has 1 amide bonds. The first kappa shape index (κ1) is 19.3. The Morgan fingerprint density at radius 1 is 1.17 bits per heavy atom. The van der Waals surface area contributed by atoms with Gasteiger partial charge in [-0.1, -0.05) is 24.3 Å². The van der Waals surface area contributed by atoms with Crippen LogP contribution in [0, 0.1) is 0 Å². The van der Waals surface area contributed by atoms with Crippen molar-refractivity contribution in [1.29, 1.82) is 0 Å². The first-order chi connectivity index (χ1) is 13.9. The van der Waals surface area contributed by atoms with Crippen molar-refractivity contribution in [2.45, 2.75) is 18.9 Å². The van der Waals surface area contributed by atoms with E-state index in [0.717, 1.165) is 34.2 Å². The number of nitrogens with zero attached hydrogens (tertiary/aromatic N) is 2. The van der Waals surface area contributed by atoms with Crippen molar-refractivity contribution in [3.8, 4) is 5.75 Å². The van der Waals surface area contributed by atoms with Crippen LogP contribution in [0.5, 0.6) is 5.75 Å². The second kappa shape index (κ2) is 7.79. The van der Waals surface area contributed by atoms with Crippen molar-refractivity contribution in [2.75, 3.05) is 25.1 Å². The van der Waals surface area contributed by atoms with Gasteiger partial charge in [0.05, 0.1) is 6.54 Å². The van der Waals surface area contributed by atoms with Crippen LogP contribution in [-0.4, -0.2) is 41.1 Å². The number of carbonyl (C=O) groups is 2. The standard InChI is InChI=1S/C21H21N3O4S/c1-21(18(25)29-20(26)23-21)13-14-7-9-15(10-8-14)27-12-11-24(2)19-22-16-5-3-4-6-17(16)28-19/h3-10H,11-13H2,1-2H3,(H,23,26). The van der Waals surface area contributed by atoms with Gasteiger partial charge in [-0.15, -0.1) is 0 Å². The van der Waals surface area contributed by atoms with Crippen molar-refractivity contribution in [2.24, 2.45) is 0 Å². The summed E-state index contributed by atoms with van der Waals surface area (Å²) in [6.45, 7) is 2.83. The van der Waals surface area contributed by atoms with E-state index in [9.17, 15) is 9.59 Å². The monoisotopic (exact) mass is 411 g/mol. The quantitative estimate of drug-likeness (QED) is 0.635. The van der Waals surface area contributed by atoms with Gasteiger partial charge in [-0.3, -0.25) is 9.59 Å². The topological polar surface area (TPSA) is 84.7 Å². The fourth-order valence-corrected chi connectivity index (χ4v) is 3.94. The van der Waals surface area contributed by atoms with Crippen molar-refractivity contribution in [1.82, 2.24) is 10.3 Å². The normalized spacial score (nSPS) is 18.8. The van der Waals surface area contributed by atoms with Gasteiger partial charge in [-0.05, 0) is 36.8 Å². The third-order valence-electron chi connectivity index (χ3n) is 4.80. The molecule has 0 saturated carbocycles. The van der Waals surface area contributed by atoms with E-state index in [1.807, 2.05) is 60.5 Å². The lowest BCUT2D eigenvalue weighted by Gasteiger charge is -2.21. The van der Waals surface area contributed by atoms with Crippen LogP contribution in [0.1, 0.15) is 12.5 Å². The minimum Gasteiger partial charge on any atom is -0.492 e. The summed E-state index contributed by atoms with van der Waals surface area (Å²) in [5.41, 5.74) is 1.69. The van der Waals surface area contributed by atoms with E-state index in [0.29, 0.717) is 25.6 Å². The number of carbonyl (C=O) groups excluding carboxylic acids is 2. The van der Waals surface area contributed by atoms with Gasteiger partial charge >= 0.3 is 0 Å². The lowest BCUT2D eigenvalue weighted by atomic mass is 9.94. The van der Waals surface area contributed by atoms with Crippen LogP contribution in [0.3, 0.4) is 0 Å². The molecule has 0 aliphatic carbocycles. The van der Waals surface area contributed by atoms with Gasteiger partial charge in [-0.2, -0.15) is 4.98 Å². The first-order valence-electron chi connectivity index (χ1n) is 9.26. The highest BCUT2D eigenvalue weighted by atomic mass is 32.2. The van der Waals surface area contributed by atoms with Crippen LogP contribution >= 0.6 is 11.8 Å². The average Bonchev–Trinajstić information content (AvgIpc) is 3.23. The molecule has 1 saturated heterocycles. The Labute approximate surface area is 172 Å². The maximum atomic E-state index is 12.0. The lowest BCUT2D eigenvalue weighted by molar-refractivity contribution is -0.115. The molecule has 2 aromatic carbocycles. The average molecular weight is 411 g/mol. The van der Waals surface area contributed by atoms with Crippen LogP contribution in [0.25, 0.3) is 11.1 Å². The molecule has 2 heterocycles. The lowest BCUT2D eigenvalue weighted by Crippen LogP contribution is -2.45. The summed E-state index contributed by atoms with van der Waals surface area (Å²) in [7, 11) is 1.91. The second-order valence-corrected chi connectivity index (χ2v) is 8.13. The number of oxazole rings is 1. The molecule has 29 heavy (non-hydrogen) atoms. The zero-order chi connectivity index (χ0) is 20.4. The number of likely N-dealkylation sites (N-methyl/N-ethyl adjacent to an activating group) is 1. The fraction of sp³-hybridized carbons (Fsp3) is 0.286. The Morgan fingerprint density at radius 3 is 2.62 bits per heavy atom. The number of aromatic nitrogens is 1. The van der Waals surface area contributed by atoms with Crippen molar-refractivity contribution >= 4 is 39.2 Å². The summed E-state index contributed by atoms with van der Waals surface area (Å²) in [6.07, 6.45) is 0.450. The number of thioether (sulfide) groups is 1.